The molecule has 146 valence electrons. The summed E-state index contributed by atoms with van der Waals surface area (Å²) in [4.78, 5) is 21.0. The Kier molecular flexibility index (Phi) is 5.41. The SMILES string of the molecule is Cc1nc(-c2cccs2)sc1C(=O)N1CCC(Oc2ccc(F)cc2F)CC1. The number of aryl methyl sites for hydroxylation is 1. The van der Waals surface area contributed by atoms with Crippen molar-refractivity contribution in [2.24, 2.45) is 0 Å². The average molecular weight is 421 g/mol. The van der Waals surface area contributed by atoms with Crippen LogP contribution in [0.15, 0.2) is 35.7 Å². The Balaban J connectivity index is 1.39. The van der Waals surface area contributed by atoms with Crippen LogP contribution in [0.5, 0.6) is 5.75 Å². The largest absolute Gasteiger partial charge is 0.487 e. The van der Waals surface area contributed by atoms with E-state index in [-0.39, 0.29) is 17.8 Å². The molecule has 8 heteroatoms. The van der Waals surface area contributed by atoms with Crippen LogP contribution in [0.4, 0.5) is 8.78 Å². The summed E-state index contributed by atoms with van der Waals surface area (Å²) >= 11 is 3.02. The molecule has 0 spiro atoms. The van der Waals surface area contributed by atoms with Gasteiger partial charge in [0.15, 0.2) is 11.6 Å². The Morgan fingerprint density at radius 2 is 2.04 bits per heavy atom. The van der Waals surface area contributed by atoms with Gasteiger partial charge < -0.3 is 9.64 Å². The molecule has 0 aliphatic carbocycles. The predicted octanol–water partition coefficient (Wildman–Crippen LogP) is 5.14. The Labute approximate surface area is 169 Å². The topological polar surface area (TPSA) is 42.4 Å². The summed E-state index contributed by atoms with van der Waals surface area (Å²) < 4.78 is 32.4. The number of benzene rings is 1. The summed E-state index contributed by atoms with van der Waals surface area (Å²) in [6.45, 7) is 2.91. The van der Waals surface area contributed by atoms with Gasteiger partial charge in [0.2, 0.25) is 0 Å². The first-order valence-corrected chi connectivity index (χ1v) is 10.6. The highest BCUT2D eigenvalue weighted by molar-refractivity contribution is 7.22. The Bertz CT molecular complexity index is 980. The van der Waals surface area contributed by atoms with E-state index < -0.39 is 11.6 Å². The molecule has 1 fully saturated rings. The molecule has 1 saturated heterocycles. The van der Waals surface area contributed by atoms with Crippen LogP contribution in [0.2, 0.25) is 0 Å². The number of thiophene rings is 1. The van der Waals surface area contributed by atoms with Crippen molar-refractivity contribution in [3.63, 3.8) is 0 Å². The van der Waals surface area contributed by atoms with E-state index in [2.05, 4.69) is 4.98 Å². The Morgan fingerprint density at radius 1 is 1.25 bits per heavy atom. The van der Waals surface area contributed by atoms with Gasteiger partial charge in [0.25, 0.3) is 5.91 Å². The summed E-state index contributed by atoms with van der Waals surface area (Å²) in [6, 6.07) is 7.25. The minimum atomic E-state index is -0.708. The second-order valence-electron chi connectivity index (χ2n) is 6.60. The number of piperidine rings is 1. The second-order valence-corrected chi connectivity index (χ2v) is 8.54. The molecule has 0 N–H and O–H groups in total. The molecule has 3 heterocycles. The number of hydrogen-bond donors (Lipinski definition) is 0. The number of halogens is 2. The highest BCUT2D eigenvalue weighted by atomic mass is 32.1. The summed E-state index contributed by atoms with van der Waals surface area (Å²) in [5, 5.41) is 2.85. The highest BCUT2D eigenvalue weighted by Gasteiger charge is 2.28. The maximum atomic E-state index is 13.8. The molecule has 1 aliphatic rings. The number of aromatic nitrogens is 1. The molecule has 0 saturated carbocycles. The van der Waals surface area contributed by atoms with Crippen LogP contribution in [-0.2, 0) is 0 Å². The first-order valence-electron chi connectivity index (χ1n) is 8.93. The first-order chi connectivity index (χ1) is 13.5. The maximum Gasteiger partial charge on any atom is 0.265 e. The molecule has 0 unspecified atom stereocenters. The Morgan fingerprint density at radius 3 is 2.71 bits per heavy atom. The summed E-state index contributed by atoms with van der Waals surface area (Å²) in [5.74, 6) is -1.32. The third kappa shape index (κ3) is 3.93. The minimum absolute atomic E-state index is 0.0239. The van der Waals surface area contributed by atoms with E-state index >= 15 is 0 Å². The molecule has 0 radical (unpaired) electrons. The lowest BCUT2D eigenvalue weighted by Crippen LogP contribution is -2.41. The fraction of sp³-hybridized carbons (Fsp3) is 0.300. The van der Waals surface area contributed by atoms with Gasteiger partial charge in [0, 0.05) is 32.0 Å². The van der Waals surface area contributed by atoms with Crippen molar-refractivity contribution < 1.29 is 18.3 Å². The van der Waals surface area contributed by atoms with Crippen LogP contribution < -0.4 is 4.74 Å². The molecule has 0 bridgehead atoms. The number of likely N-dealkylation sites (tertiary alicyclic amines) is 1. The quantitative estimate of drug-likeness (QED) is 0.587. The van der Waals surface area contributed by atoms with E-state index in [0.717, 1.165) is 21.6 Å². The lowest BCUT2D eigenvalue weighted by Gasteiger charge is -2.32. The van der Waals surface area contributed by atoms with E-state index in [1.807, 2.05) is 24.4 Å². The smallest absolute Gasteiger partial charge is 0.265 e. The third-order valence-electron chi connectivity index (χ3n) is 4.64. The van der Waals surface area contributed by atoms with Gasteiger partial charge in [-0.2, -0.15) is 0 Å². The van der Waals surface area contributed by atoms with Gasteiger partial charge >= 0.3 is 0 Å². The van der Waals surface area contributed by atoms with Crippen molar-refractivity contribution >= 4 is 28.6 Å². The van der Waals surface area contributed by atoms with E-state index in [4.69, 9.17) is 4.74 Å². The zero-order chi connectivity index (χ0) is 19.7. The molecule has 1 aliphatic heterocycles. The molecular formula is C20H18F2N2O2S2. The molecule has 1 amide bonds. The summed E-state index contributed by atoms with van der Waals surface area (Å²) in [5.41, 5.74) is 0.741. The van der Waals surface area contributed by atoms with Crippen molar-refractivity contribution in [3.8, 4) is 15.6 Å². The normalized spacial score (nSPS) is 15.0. The van der Waals surface area contributed by atoms with Gasteiger partial charge in [-0.25, -0.2) is 13.8 Å². The van der Waals surface area contributed by atoms with Gasteiger partial charge in [-0.15, -0.1) is 22.7 Å². The van der Waals surface area contributed by atoms with Gasteiger partial charge in [0.1, 0.15) is 21.8 Å². The van der Waals surface area contributed by atoms with Crippen LogP contribution >= 0.6 is 22.7 Å². The number of thiazole rings is 1. The van der Waals surface area contributed by atoms with Crippen molar-refractivity contribution in [3.05, 3.63) is 57.9 Å². The van der Waals surface area contributed by atoms with Gasteiger partial charge in [-0.1, -0.05) is 6.07 Å². The maximum absolute atomic E-state index is 13.8. The van der Waals surface area contributed by atoms with Crippen LogP contribution in [0, 0.1) is 18.6 Å². The van der Waals surface area contributed by atoms with Gasteiger partial charge in [-0.05, 0) is 30.5 Å². The fourth-order valence-electron chi connectivity index (χ4n) is 3.17. The van der Waals surface area contributed by atoms with E-state index in [1.165, 1.54) is 23.5 Å². The molecule has 3 aromatic rings. The second kappa shape index (κ2) is 7.97. The number of amides is 1. The molecule has 28 heavy (non-hydrogen) atoms. The van der Waals surface area contributed by atoms with Gasteiger partial charge in [0.05, 0.1) is 10.6 Å². The summed E-state index contributed by atoms with van der Waals surface area (Å²) in [6.07, 6.45) is 0.990. The molecule has 2 aromatic heterocycles. The van der Waals surface area contributed by atoms with Crippen molar-refractivity contribution in [2.45, 2.75) is 25.9 Å². The van der Waals surface area contributed by atoms with E-state index in [9.17, 15) is 13.6 Å². The molecule has 0 atom stereocenters. The molecule has 1 aromatic carbocycles. The minimum Gasteiger partial charge on any atom is -0.487 e. The van der Waals surface area contributed by atoms with Crippen LogP contribution in [0.25, 0.3) is 9.88 Å². The number of hydrogen-bond acceptors (Lipinski definition) is 5. The molecule has 4 nitrogen and oxygen atoms in total. The van der Waals surface area contributed by atoms with Crippen LogP contribution in [0.1, 0.15) is 28.2 Å². The predicted molar refractivity (Wildman–Crippen MR) is 106 cm³/mol. The molecule has 4 rings (SSSR count). The standard InChI is InChI=1S/C20H18F2N2O2S2/c1-12-18(28-19(23-12)17-3-2-10-27-17)20(25)24-8-6-14(7-9-24)26-16-5-4-13(21)11-15(16)22/h2-5,10-11,14H,6-9H2,1H3. The summed E-state index contributed by atoms with van der Waals surface area (Å²) in [7, 11) is 0. The van der Waals surface area contributed by atoms with Crippen LogP contribution in [-0.4, -0.2) is 35.0 Å². The molecular weight excluding hydrogens is 402 g/mol. The number of carbonyl (C=O) groups excluding carboxylic acids is 1. The van der Waals surface area contributed by atoms with Crippen LogP contribution in [0.3, 0.4) is 0 Å². The number of ether oxygens (including phenoxy) is 1. The monoisotopic (exact) mass is 420 g/mol. The fourth-order valence-corrected chi connectivity index (χ4v) is 5.00. The van der Waals surface area contributed by atoms with Crippen molar-refractivity contribution in [1.29, 1.82) is 0 Å². The number of rotatable bonds is 4. The zero-order valence-corrected chi connectivity index (χ0v) is 16.8. The number of carbonyl (C=O) groups is 1. The average Bonchev–Trinajstić information content (AvgIpc) is 3.34. The van der Waals surface area contributed by atoms with Gasteiger partial charge in [-0.3, -0.25) is 4.79 Å². The number of nitrogens with zero attached hydrogens (tertiary/aromatic N) is 2. The third-order valence-corrected chi connectivity index (χ3v) is 6.82. The highest BCUT2D eigenvalue weighted by Crippen LogP contribution is 2.32. The zero-order valence-electron chi connectivity index (χ0n) is 15.2. The lowest BCUT2D eigenvalue weighted by atomic mass is 10.1. The van der Waals surface area contributed by atoms with E-state index in [0.29, 0.717) is 30.8 Å². The van der Waals surface area contributed by atoms with Crippen molar-refractivity contribution in [2.75, 3.05) is 13.1 Å². The first kappa shape index (κ1) is 19.0. The van der Waals surface area contributed by atoms with E-state index in [1.54, 1.807) is 16.2 Å². The Hall–Kier alpha value is -2.32. The lowest BCUT2D eigenvalue weighted by molar-refractivity contribution is 0.0591. The van der Waals surface area contributed by atoms with Crippen molar-refractivity contribution in [1.82, 2.24) is 9.88 Å².